The molecule has 17 heavy (non-hydrogen) atoms. The van der Waals surface area contributed by atoms with E-state index in [0.717, 1.165) is 43.8 Å². The number of hydrogen-bond acceptors (Lipinski definition) is 6. The third-order valence-electron chi connectivity index (χ3n) is 2.93. The normalized spacial score (nSPS) is 23.9. The number of unbranched alkanes of at least 4 members (excludes halogenated alkanes) is 1. The van der Waals surface area contributed by atoms with E-state index in [-0.39, 0.29) is 12.1 Å². The summed E-state index contributed by atoms with van der Waals surface area (Å²) in [4.78, 5) is 0. The van der Waals surface area contributed by atoms with Gasteiger partial charge in [0, 0.05) is 6.04 Å². The molecule has 1 aromatic heterocycles. The van der Waals surface area contributed by atoms with E-state index in [0.29, 0.717) is 18.4 Å². The van der Waals surface area contributed by atoms with E-state index in [2.05, 4.69) is 15.7 Å². The Bertz CT molecular complexity index is 345. The lowest BCUT2D eigenvalue weighted by Crippen LogP contribution is -2.33. The van der Waals surface area contributed by atoms with Crippen LogP contribution in [0.1, 0.15) is 39.0 Å². The highest BCUT2D eigenvalue weighted by Gasteiger charge is 2.27. The molecule has 1 aromatic rings. The second-order valence-corrected chi connectivity index (χ2v) is 4.86. The first kappa shape index (κ1) is 12.6. The van der Waals surface area contributed by atoms with Gasteiger partial charge in [0.1, 0.15) is 6.10 Å². The third-order valence-corrected chi connectivity index (χ3v) is 3.43. The number of ether oxygens (including phenoxy) is 2. The van der Waals surface area contributed by atoms with Crippen molar-refractivity contribution in [1.29, 1.82) is 0 Å². The monoisotopic (exact) mass is 257 g/mol. The van der Waals surface area contributed by atoms with Gasteiger partial charge in [0.2, 0.25) is 0 Å². The summed E-state index contributed by atoms with van der Waals surface area (Å²) in [6.45, 7) is 2.78. The van der Waals surface area contributed by atoms with E-state index in [1.807, 2.05) is 0 Å². The van der Waals surface area contributed by atoms with Crippen LogP contribution in [-0.2, 0) is 0 Å². The molecule has 0 spiro atoms. The molecule has 6 heteroatoms. The average molecular weight is 257 g/mol. The van der Waals surface area contributed by atoms with Gasteiger partial charge in [-0.1, -0.05) is 13.3 Å². The molecule has 2 atom stereocenters. The van der Waals surface area contributed by atoms with Crippen molar-refractivity contribution in [3.63, 3.8) is 0 Å². The lowest BCUT2D eigenvalue weighted by molar-refractivity contribution is 0.172. The van der Waals surface area contributed by atoms with E-state index in [9.17, 15) is 0 Å². The van der Waals surface area contributed by atoms with E-state index in [1.165, 1.54) is 0 Å². The Kier molecular flexibility index (Phi) is 4.56. The SMILES string of the molecule is CCCCOc1nsnc1O[C@@H]1CCC[C@@H]1N. The fraction of sp³-hybridized carbons (Fsp3) is 0.818. The molecular weight excluding hydrogens is 238 g/mol. The Morgan fingerprint density at radius 2 is 2.18 bits per heavy atom. The van der Waals surface area contributed by atoms with Crippen LogP contribution in [0.4, 0.5) is 0 Å². The minimum Gasteiger partial charge on any atom is -0.473 e. The van der Waals surface area contributed by atoms with Crippen LogP contribution in [0.25, 0.3) is 0 Å². The van der Waals surface area contributed by atoms with Crippen molar-refractivity contribution >= 4 is 11.7 Å². The average Bonchev–Trinajstić information content (AvgIpc) is 2.91. The number of aromatic nitrogens is 2. The number of hydrogen-bond donors (Lipinski definition) is 1. The van der Waals surface area contributed by atoms with Crippen LogP contribution in [0.5, 0.6) is 11.8 Å². The van der Waals surface area contributed by atoms with Crippen LogP contribution in [0.2, 0.25) is 0 Å². The molecule has 1 heterocycles. The van der Waals surface area contributed by atoms with Crippen molar-refractivity contribution < 1.29 is 9.47 Å². The lowest BCUT2D eigenvalue weighted by Gasteiger charge is -2.16. The third kappa shape index (κ3) is 3.29. The first-order chi connectivity index (χ1) is 8.31. The lowest BCUT2D eigenvalue weighted by atomic mass is 10.2. The summed E-state index contributed by atoms with van der Waals surface area (Å²) in [5, 5.41) is 0. The Morgan fingerprint density at radius 1 is 1.35 bits per heavy atom. The van der Waals surface area contributed by atoms with Crippen molar-refractivity contribution in [1.82, 2.24) is 8.75 Å². The van der Waals surface area contributed by atoms with Crippen molar-refractivity contribution in [3.05, 3.63) is 0 Å². The van der Waals surface area contributed by atoms with Gasteiger partial charge >= 0.3 is 0 Å². The molecule has 0 bridgehead atoms. The molecule has 0 saturated heterocycles. The Labute approximate surface area is 106 Å². The predicted molar refractivity (Wildman–Crippen MR) is 66.6 cm³/mol. The molecular formula is C11H19N3O2S. The highest BCUT2D eigenvalue weighted by molar-refractivity contribution is 6.99. The fourth-order valence-corrected chi connectivity index (χ4v) is 2.33. The van der Waals surface area contributed by atoms with Crippen molar-refractivity contribution in [2.45, 2.75) is 51.2 Å². The van der Waals surface area contributed by atoms with Gasteiger partial charge in [-0.3, -0.25) is 0 Å². The van der Waals surface area contributed by atoms with Gasteiger partial charge in [0.05, 0.1) is 18.3 Å². The standard InChI is InChI=1S/C11H19N3O2S/c1-2-3-7-15-10-11(14-17-13-10)16-9-6-4-5-8(9)12/h8-9H,2-7,12H2,1H3/t8-,9+/m0/s1. The molecule has 1 aliphatic carbocycles. The molecule has 5 nitrogen and oxygen atoms in total. The summed E-state index contributed by atoms with van der Waals surface area (Å²) < 4.78 is 19.5. The van der Waals surface area contributed by atoms with Crippen LogP contribution in [0.15, 0.2) is 0 Å². The molecule has 2 rings (SSSR count). The predicted octanol–water partition coefficient (Wildman–Crippen LogP) is 1.98. The molecule has 2 N–H and O–H groups in total. The Balaban J connectivity index is 1.89. The molecule has 0 radical (unpaired) electrons. The minimum absolute atomic E-state index is 0.0624. The molecule has 0 unspecified atom stereocenters. The summed E-state index contributed by atoms with van der Waals surface area (Å²) in [6, 6.07) is 0.111. The highest BCUT2D eigenvalue weighted by Crippen LogP contribution is 2.29. The molecule has 1 saturated carbocycles. The molecule has 1 fully saturated rings. The van der Waals surface area contributed by atoms with Gasteiger partial charge < -0.3 is 15.2 Å². The summed E-state index contributed by atoms with van der Waals surface area (Å²) in [5.74, 6) is 1.02. The molecule has 0 aliphatic heterocycles. The van der Waals surface area contributed by atoms with Crippen LogP contribution in [-0.4, -0.2) is 27.5 Å². The molecule has 96 valence electrons. The van der Waals surface area contributed by atoms with E-state index < -0.39 is 0 Å². The van der Waals surface area contributed by atoms with E-state index in [1.54, 1.807) is 0 Å². The highest BCUT2D eigenvalue weighted by atomic mass is 32.1. The van der Waals surface area contributed by atoms with Gasteiger partial charge in [-0.2, -0.15) is 0 Å². The maximum atomic E-state index is 5.96. The second kappa shape index (κ2) is 6.16. The fourth-order valence-electron chi connectivity index (χ4n) is 1.89. The minimum atomic E-state index is 0.0624. The number of nitrogens with zero attached hydrogens (tertiary/aromatic N) is 2. The zero-order chi connectivity index (χ0) is 12.1. The largest absolute Gasteiger partial charge is 0.473 e. The van der Waals surface area contributed by atoms with Gasteiger partial charge in [-0.05, 0) is 25.7 Å². The van der Waals surface area contributed by atoms with Crippen LogP contribution >= 0.6 is 11.7 Å². The number of rotatable bonds is 6. The summed E-state index contributed by atoms with van der Waals surface area (Å²) in [6.07, 6.45) is 5.31. The summed E-state index contributed by atoms with van der Waals surface area (Å²) in [7, 11) is 0. The van der Waals surface area contributed by atoms with E-state index >= 15 is 0 Å². The topological polar surface area (TPSA) is 70.3 Å². The zero-order valence-electron chi connectivity index (χ0n) is 10.1. The molecule has 0 aromatic carbocycles. The number of nitrogens with two attached hydrogens (primary N) is 1. The quantitative estimate of drug-likeness (QED) is 0.789. The smallest absolute Gasteiger partial charge is 0.291 e. The van der Waals surface area contributed by atoms with Crippen LogP contribution < -0.4 is 15.2 Å². The van der Waals surface area contributed by atoms with Crippen molar-refractivity contribution in [2.75, 3.05) is 6.61 Å². The first-order valence-electron chi connectivity index (χ1n) is 6.19. The molecule has 1 aliphatic rings. The van der Waals surface area contributed by atoms with Crippen LogP contribution in [0.3, 0.4) is 0 Å². The summed E-state index contributed by atoms with van der Waals surface area (Å²) in [5.41, 5.74) is 5.96. The van der Waals surface area contributed by atoms with Crippen molar-refractivity contribution in [2.24, 2.45) is 5.73 Å². The maximum absolute atomic E-state index is 5.96. The van der Waals surface area contributed by atoms with Gasteiger partial charge in [-0.15, -0.1) is 8.75 Å². The maximum Gasteiger partial charge on any atom is 0.291 e. The zero-order valence-corrected chi connectivity index (χ0v) is 10.9. The van der Waals surface area contributed by atoms with Crippen molar-refractivity contribution in [3.8, 4) is 11.8 Å². The first-order valence-corrected chi connectivity index (χ1v) is 6.92. The van der Waals surface area contributed by atoms with Gasteiger partial charge in [0.15, 0.2) is 0 Å². The van der Waals surface area contributed by atoms with Gasteiger partial charge in [-0.25, -0.2) is 0 Å². The Morgan fingerprint density at radius 3 is 2.88 bits per heavy atom. The van der Waals surface area contributed by atoms with E-state index in [4.69, 9.17) is 15.2 Å². The van der Waals surface area contributed by atoms with Crippen LogP contribution in [0, 0.1) is 0 Å². The Hall–Kier alpha value is -0.880. The van der Waals surface area contributed by atoms with Gasteiger partial charge in [0.25, 0.3) is 11.8 Å². The second-order valence-electron chi connectivity index (χ2n) is 4.33. The summed E-state index contributed by atoms with van der Waals surface area (Å²) >= 11 is 1.12. The molecule has 0 amide bonds.